The van der Waals surface area contributed by atoms with Gasteiger partial charge in [-0.05, 0) is 25.3 Å². The molecule has 19 heavy (non-hydrogen) atoms. The van der Waals surface area contributed by atoms with E-state index >= 15 is 0 Å². The Bertz CT molecular complexity index is 361. The van der Waals surface area contributed by atoms with E-state index in [9.17, 15) is 9.59 Å². The number of aliphatic carboxylic acids is 1. The number of amides is 1. The van der Waals surface area contributed by atoms with E-state index in [0.29, 0.717) is 6.61 Å². The van der Waals surface area contributed by atoms with Gasteiger partial charge in [0.25, 0.3) is 0 Å². The first-order valence-corrected chi connectivity index (χ1v) is 6.83. The quantitative estimate of drug-likeness (QED) is 0.750. The molecule has 2 N–H and O–H groups in total. The van der Waals surface area contributed by atoms with Crippen molar-refractivity contribution in [2.45, 2.75) is 31.8 Å². The fraction of sp³-hybridized carbons (Fsp3) is 0.846. The van der Waals surface area contributed by atoms with Crippen molar-refractivity contribution in [3.8, 4) is 0 Å². The molecule has 0 aromatic rings. The first-order valence-electron chi connectivity index (χ1n) is 6.83. The summed E-state index contributed by atoms with van der Waals surface area (Å²) in [6.07, 6.45) is 2.11. The number of carbonyl (C=O) groups is 2. The first kappa shape index (κ1) is 14.3. The van der Waals surface area contributed by atoms with Crippen molar-refractivity contribution >= 4 is 11.9 Å². The Labute approximate surface area is 113 Å². The van der Waals surface area contributed by atoms with Crippen LogP contribution in [0.3, 0.4) is 0 Å². The smallest absolute Gasteiger partial charge is 0.311 e. The van der Waals surface area contributed by atoms with E-state index in [2.05, 4.69) is 12.2 Å². The van der Waals surface area contributed by atoms with Gasteiger partial charge in [-0.25, -0.2) is 0 Å². The topological polar surface area (TPSA) is 78.9 Å². The molecule has 2 fully saturated rings. The van der Waals surface area contributed by atoms with Crippen LogP contribution in [0.25, 0.3) is 0 Å². The average molecular weight is 270 g/mol. The van der Waals surface area contributed by atoms with Gasteiger partial charge >= 0.3 is 5.97 Å². The monoisotopic (exact) mass is 270 g/mol. The minimum atomic E-state index is -0.896. The van der Waals surface area contributed by atoms with Crippen molar-refractivity contribution in [1.29, 1.82) is 0 Å². The van der Waals surface area contributed by atoms with E-state index in [-0.39, 0.29) is 30.5 Å². The molecule has 6 heteroatoms. The van der Waals surface area contributed by atoms with Crippen LogP contribution in [-0.4, -0.2) is 60.8 Å². The maximum atomic E-state index is 12.5. The molecule has 2 aliphatic heterocycles. The molecule has 2 rings (SSSR count). The minimum absolute atomic E-state index is 0.0195. The zero-order valence-corrected chi connectivity index (χ0v) is 11.5. The summed E-state index contributed by atoms with van der Waals surface area (Å²) in [6.45, 7) is 3.39. The molecule has 0 saturated carbocycles. The van der Waals surface area contributed by atoms with E-state index in [4.69, 9.17) is 9.84 Å². The van der Waals surface area contributed by atoms with Crippen LogP contribution >= 0.6 is 0 Å². The number of hydrogen-bond acceptors (Lipinski definition) is 4. The van der Waals surface area contributed by atoms with Gasteiger partial charge in [0.2, 0.25) is 5.91 Å². The number of carboxylic acid groups (broad SMARTS) is 1. The highest BCUT2D eigenvalue weighted by Crippen LogP contribution is 2.23. The fourth-order valence-corrected chi connectivity index (χ4v) is 2.92. The van der Waals surface area contributed by atoms with E-state index in [1.807, 2.05) is 0 Å². The lowest BCUT2D eigenvalue weighted by Gasteiger charge is -2.35. The van der Waals surface area contributed by atoms with Crippen LogP contribution < -0.4 is 5.32 Å². The predicted molar refractivity (Wildman–Crippen MR) is 68.7 cm³/mol. The largest absolute Gasteiger partial charge is 0.481 e. The number of nitrogens with one attached hydrogen (secondary N) is 1. The molecule has 6 nitrogen and oxygen atoms in total. The molecule has 0 aliphatic carbocycles. The number of piperidine rings is 1. The third kappa shape index (κ3) is 2.90. The highest BCUT2D eigenvalue weighted by atomic mass is 16.5. The Balaban J connectivity index is 2.03. The standard InChI is InChI=1S/C13H22N2O4/c1-8-4-3-5-14-11(8)12(16)15(2)10-7-19-6-9(10)13(17)18/h8-11,14H,3-7H2,1-2H3,(H,17,18). The predicted octanol–water partition coefficient (Wildman–Crippen LogP) is -0.0675. The Morgan fingerprint density at radius 1 is 1.37 bits per heavy atom. The fourth-order valence-electron chi connectivity index (χ4n) is 2.92. The summed E-state index contributed by atoms with van der Waals surface area (Å²) < 4.78 is 5.22. The average Bonchev–Trinajstić information content (AvgIpc) is 2.87. The summed E-state index contributed by atoms with van der Waals surface area (Å²) in [4.78, 5) is 25.2. The van der Waals surface area contributed by atoms with Crippen molar-refractivity contribution in [2.75, 3.05) is 26.8 Å². The molecule has 2 heterocycles. The lowest BCUT2D eigenvalue weighted by molar-refractivity contribution is -0.145. The summed E-state index contributed by atoms with van der Waals surface area (Å²) in [6, 6.07) is -0.560. The van der Waals surface area contributed by atoms with Gasteiger partial charge in [0.1, 0.15) is 5.92 Å². The maximum absolute atomic E-state index is 12.5. The summed E-state index contributed by atoms with van der Waals surface area (Å²) >= 11 is 0. The first-order chi connectivity index (χ1) is 9.02. The molecule has 0 aromatic heterocycles. The van der Waals surface area contributed by atoms with Crippen molar-refractivity contribution in [3.63, 3.8) is 0 Å². The Morgan fingerprint density at radius 3 is 2.74 bits per heavy atom. The van der Waals surface area contributed by atoms with Gasteiger partial charge in [0.05, 0.1) is 25.3 Å². The van der Waals surface area contributed by atoms with Crippen LogP contribution in [0.4, 0.5) is 0 Å². The summed E-state index contributed by atoms with van der Waals surface area (Å²) in [5.74, 6) is -1.25. The van der Waals surface area contributed by atoms with E-state index < -0.39 is 11.9 Å². The van der Waals surface area contributed by atoms with Gasteiger partial charge in [-0.1, -0.05) is 6.92 Å². The molecule has 108 valence electrons. The highest BCUT2D eigenvalue weighted by molar-refractivity contribution is 5.83. The van der Waals surface area contributed by atoms with Crippen molar-refractivity contribution in [1.82, 2.24) is 10.2 Å². The number of hydrogen-bond donors (Lipinski definition) is 2. The molecular formula is C13H22N2O4. The van der Waals surface area contributed by atoms with Crippen LogP contribution in [0, 0.1) is 11.8 Å². The maximum Gasteiger partial charge on any atom is 0.311 e. The minimum Gasteiger partial charge on any atom is -0.481 e. The van der Waals surface area contributed by atoms with Crippen LogP contribution in [0.1, 0.15) is 19.8 Å². The number of rotatable bonds is 3. The normalized spacial score (nSPS) is 35.1. The van der Waals surface area contributed by atoms with Crippen LogP contribution in [-0.2, 0) is 14.3 Å². The number of carboxylic acids is 1. The number of ether oxygens (including phenoxy) is 1. The summed E-state index contributed by atoms with van der Waals surface area (Å²) in [5.41, 5.74) is 0. The zero-order valence-electron chi connectivity index (χ0n) is 11.5. The molecular weight excluding hydrogens is 248 g/mol. The van der Waals surface area contributed by atoms with Crippen molar-refractivity contribution in [2.24, 2.45) is 11.8 Å². The second-order valence-corrected chi connectivity index (χ2v) is 5.55. The number of likely N-dealkylation sites (N-methyl/N-ethyl adjacent to an activating group) is 1. The summed E-state index contributed by atoms with van der Waals surface area (Å²) in [5, 5.41) is 12.4. The van der Waals surface area contributed by atoms with Crippen LogP contribution in [0.2, 0.25) is 0 Å². The molecule has 0 aromatic carbocycles. The Kier molecular flexibility index (Phi) is 4.42. The van der Waals surface area contributed by atoms with E-state index in [1.54, 1.807) is 11.9 Å². The molecule has 2 saturated heterocycles. The third-order valence-electron chi connectivity index (χ3n) is 4.25. The molecule has 0 radical (unpaired) electrons. The van der Waals surface area contributed by atoms with E-state index in [0.717, 1.165) is 19.4 Å². The number of carbonyl (C=O) groups excluding carboxylic acids is 1. The van der Waals surface area contributed by atoms with Crippen LogP contribution in [0.15, 0.2) is 0 Å². The lowest BCUT2D eigenvalue weighted by Crippen LogP contribution is -2.55. The lowest BCUT2D eigenvalue weighted by atomic mass is 9.91. The zero-order chi connectivity index (χ0) is 14.0. The van der Waals surface area contributed by atoms with Gasteiger partial charge in [0.15, 0.2) is 0 Å². The second-order valence-electron chi connectivity index (χ2n) is 5.55. The van der Waals surface area contributed by atoms with E-state index in [1.165, 1.54) is 0 Å². The number of nitrogens with zero attached hydrogens (tertiary/aromatic N) is 1. The van der Waals surface area contributed by atoms with Gasteiger partial charge in [-0.3, -0.25) is 9.59 Å². The molecule has 4 unspecified atom stereocenters. The molecule has 2 aliphatic rings. The SMILES string of the molecule is CC1CCCNC1C(=O)N(C)C1COCC1C(=O)O. The highest BCUT2D eigenvalue weighted by Gasteiger charge is 2.41. The van der Waals surface area contributed by atoms with Gasteiger partial charge in [-0.15, -0.1) is 0 Å². The van der Waals surface area contributed by atoms with Crippen molar-refractivity contribution < 1.29 is 19.4 Å². The van der Waals surface area contributed by atoms with Crippen molar-refractivity contribution in [3.05, 3.63) is 0 Å². The van der Waals surface area contributed by atoms with Gasteiger partial charge in [-0.2, -0.15) is 0 Å². The molecule has 0 bridgehead atoms. The third-order valence-corrected chi connectivity index (χ3v) is 4.25. The molecule has 4 atom stereocenters. The summed E-state index contributed by atoms with van der Waals surface area (Å²) in [7, 11) is 1.68. The van der Waals surface area contributed by atoms with Gasteiger partial charge < -0.3 is 20.1 Å². The Hall–Kier alpha value is -1.14. The molecule has 0 spiro atoms. The second kappa shape index (κ2) is 5.88. The van der Waals surface area contributed by atoms with Crippen LogP contribution in [0.5, 0.6) is 0 Å². The molecule has 1 amide bonds. The van der Waals surface area contributed by atoms with Gasteiger partial charge in [0, 0.05) is 7.05 Å². The Morgan fingerprint density at radius 2 is 2.11 bits per heavy atom.